The van der Waals surface area contributed by atoms with Gasteiger partial charge in [-0.1, -0.05) is 18.2 Å². The van der Waals surface area contributed by atoms with E-state index in [0.29, 0.717) is 12.0 Å². The van der Waals surface area contributed by atoms with E-state index < -0.39 is 12.0 Å². The molecule has 2 aromatic rings. The molecule has 1 aromatic carbocycles. The van der Waals surface area contributed by atoms with Gasteiger partial charge in [-0.15, -0.1) is 0 Å². The normalized spacial score (nSPS) is 23.9. The van der Waals surface area contributed by atoms with Crippen molar-refractivity contribution in [2.45, 2.75) is 87.9 Å². The highest BCUT2D eigenvalue weighted by Crippen LogP contribution is 2.48. The number of rotatable bonds is 12. The van der Waals surface area contributed by atoms with Crippen molar-refractivity contribution in [3.05, 3.63) is 53.2 Å². The Morgan fingerprint density at radius 3 is 2.78 bits per heavy atom. The first-order valence-electron chi connectivity index (χ1n) is 13.5. The van der Waals surface area contributed by atoms with Crippen LogP contribution >= 0.6 is 0 Å². The quantitative estimate of drug-likeness (QED) is 0.395. The molecule has 2 N–H and O–H groups in total. The number of fused-ring (bicyclic) bond motifs is 1. The van der Waals surface area contributed by atoms with Gasteiger partial charge in [-0.2, -0.15) is 0 Å². The second kappa shape index (κ2) is 11.2. The Labute approximate surface area is 214 Å². The molecule has 7 nitrogen and oxygen atoms in total. The van der Waals surface area contributed by atoms with Crippen molar-refractivity contribution in [2.75, 3.05) is 26.1 Å². The fourth-order valence-corrected chi connectivity index (χ4v) is 5.86. The molecule has 0 saturated heterocycles. The number of benzene rings is 1. The molecule has 0 amide bonds. The van der Waals surface area contributed by atoms with Crippen molar-refractivity contribution < 1.29 is 19.4 Å². The fraction of sp³-hybridized carbons (Fsp3) is 0.586. The minimum Gasteiger partial charge on any atom is -0.496 e. The van der Waals surface area contributed by atoms with E-state index in [1.54, 1.807) is 7.11 Å². The van der Waals surface area contributed by atoms with E-state index in [4.69, 9.17) is 9.47 Å². The number of ether oxygens (including phenoxy) is 2. The molecular formula is C29H39N3O4. The Kier molecular flexibility index (Phi) is 7.77. The van der Waals surface area contributed by atoms with E-state index in [0.717, 1.165) is 87.1 Å². The van der Waals surface area contributed by atoms with E-state index >= 15 is 0 Å². The third kappa shape index (κ3) is 5.52. The molecule has 0 bridgehead atoms. The number of pyridine rings is 1. The number of hydrogen-bond acceptors (Lipinski definition) is 6. The van der Waals surface area contributed by atoms with Crippen LogP contribution in [0.1, 0.15) is 80.0 Å². The second-order valence-electron chi connectivity index (χ2n) is 10.6. The molecule has 1 aliphatic heterocycles. The SMILES string of the molecule is COc1cccc([C@H](C(=O)O)N(C)C2CC(OCCCC[C@H]3CCc4cccnc4N3)C2)c1C1CC1. The molecule has 36 heavy (non-hydrogen) atoms. The summed E-state index contributed by atoms with van der Waals surface area (Å²) in [7, 11) is 3.61. The second-order valence-corrected chi connectivity index (χ2v) is 10.6. The summed E-state index contributed by atoms with van der Waals surface area (Å²) in [4.78, 5) is 18.9. The lowest BCUT2D eigenvalue weighted by molar-refractivity contribution is -0.146. The van der Waals surface area contributed by atoms with Gasteiger partial charge < -0.3 is 19.9 Å². The molecule has 3 aliphatic rings. The Morgan fingerprint density at radius 1 is 1.19 bits per heavy atom. The van der Waals surface area contributed by atoms with Gasteiger partial charge in [0.15, 0.2) is 0 Å². The first-order chi connectivity index (χ1) is 17.5. The highest BCUT2D eigenvalue weighted by Gasteiger charge is 2.41. The lowest BCUT2D eigenvalue weighted by Crippen LogP contribution is -2.49. The molecule has 2 fully saturated rings. The number of methoxy groups -OCH3 is 1. The molecule has 7 heteroatoms. The highest BCUT2D eigenvalue weighted by atomic mass is 16.5. The van der Waals surface area contributed by atoms with Crippen LogP contribution in [0.5, 0.6) is 5.75 Å². The van der Waals surface area contributed by atoms with Gasteiger partial charge in [0, 0.05) is 30.5 Å². The number of unbranched alkanes of at least 4 members (excludes halogenated alkanes) is 1. The molecule has 2 heterocycles. The minimum atomic E-state index is -0.800. The van der Waals surface area contributed by atoms with Crippen LogP contribution in [0.15, 0.2) is 36.5 Å². The van der Waals surface area contributed by atoms with Crippen molar-refractivity contribution in [3.8, 4) is 5.75 Å². The third-order valence-corrected chi connectivity index (χ3v) is 8.18. The fourth-order valence-electron chi connectivity index (χ4n) is 5.86. The lowest BCUT2D eigenvalue weighted by Gasteiger charge is -2.43. The van der Waals surface area contributed by atoms with E-state index in [-0.39, 0.29) is 12.1 Å². The maximum Gasteiger partial charge on any atom is 0.325 e. The maximum atomic E-state index is 12.4. The van der Waals surface area contributed by atoms with E-state index in [9.17, 15) is 9.90 Å². The zero-order chi connectivity index (χ0) is 25.1. The molecule has 0 radical (unpaired) electrons. The standard InChI is InChI=1S/C29H39N3O4/c1-32(27(29(33)34)24-9-5-10-25(35-2)26(24)19-11-12-19)22-17-23(18-22)36-16-4-3-8-21-14-13-20-7-6-15-30-28(20)31-21/h5-7,9-10,15,19,21-23,27H,3-4,8,11-14,16-18H2,1-2H3,(H,30,31)(H,33,34)/t21-,22?,23?,27+/m0/s1. The van der Waals surface area contributed by atoms with Gasteiger partial charge in [-0.25, -0.2) is 4.98 Å². The lowest BCUT2D eigenvalue weighted by atomic mass is 9.85. The third-order valence-electron chi connectivity index (χ3n) is 8.18. The smallest absolute Gasteiger partial charge is 0.325 e. The summed E-state index contributed by atoms with van der Waals surface area (Å²) < 4.78 is 11.7. The molecule has 0 spiro atoms. The number of carboxylic acids is 1. The summed E-state index contributed by atoms with van der Waals surface area (Å²) in [5.74, 6) is 1.48. The van der Waals surface area contributed by atoms with Crippen LogP contribution in [-0.4, -0.2) is 59.9 Å². The average Bonchev–Trinajstić information content (AvgIpc) is 3.69. The molecule has 2 saturated carbocycles. The van der Waals surface area contributed by atoms with Crippen molar-refractivity contribution in [3.63, 3.8) is 0 Å². The topological polar surface area (TPSA) is 83.9 Å². The van der Waals surface area contributed by atoms with E-state index in [1.807, 2.05) is 42.4 Å². The van der Waals surface area contributed by atoms with Crippen LogP contribution in [0.3, 0.4) is 0 Å². The number of aliphatic carboxylic acids is 1. The summed E-state index contributed by atoms with van der Waals surface area (Å²) >= 11 is 0. The molecule has 194 valence electrons. The summed E-state index contributed by atoms with van der Waals surface area (Å²) in [5, 5.41) is 13.7. The zero-order valence-corrected chi connectivity index (χ0v) is 21.5. The van der Waals surface area contributed by atoms with Gasteiger partial charge in [0.2, 0.25) is 0 Å². The van der Waals surface area contributed by atoms with Gasteiger partial charge in [0.1, 0.15) is 17.6 Å². The molecular weight excluding hydrogens is 454 g/mol. The van der Waals surface area contributed by atoms with Crippen molar-refractivity contribution in [2.24, 2.45) is 0 Å². The largest absolute Gasteiger partial charge is 0.496 e. The van der Waals surface area contributed by atoms with Gasteiger partial charge in [0.05, 0.1) is 13.2 Å². The number of hydrogen-bond donors (Lipinski definition) is 2. The van der Waals surface area contributed by atoms with Crippen LogP contribution in [-0.2, 0) is 16.0 Å². The monoisotopic (exact) mass is 493 g/mol. The van der Waals surface area contributed by atoms with Crippen molar-refractivity contribution in [1.82, 2.24) is 9.88 Å². The Hall–Kier alpha value is -2.64. The number of anilines is 1. The summed E-state index contributed by atoms with van der Waals surface area (Å²) in [6, 6.07) is 10.0. The van der Waals surface area contributed by atoms with Crippen LogP contribution in [0.4, 0.5) is 5.82 Å². The number of carbonyl (C=O) groups is 1. The number of likely N-dealkylation sites (N-methyl/N-ethyl adjacent to an activating group) is 1. The predicted molar refractivity (Wildman–Crippen MR) is 140 cm³/mol. The van der Waals surface area contributed by atoms with Gasteiger partial charge in [-0.3, -0.25) is 9.69 Å². The number of nitrogens with zero attached hydrogens (tertiary/aromatic N) is 2. The van der Waals surface area contributed by atoms with Crippen LogP contribution in [0.25, 0.3) is 0 Å². The van der Waals surface area contributed by atoms with E-state index in [2.05, 4.69) is 16.4 Å². The first kappa shape index (κ1) is 25.0. The summed E-state index contributed by atoms with van der Waals surface area (Å²) in [6.45, 7) is 0.771. The Balaban J connectivity index is 1.06. The van der Waals surface area contributed by atoms with Crippen LogP contribution in [0, 0.1) is 0 Å². The highest BCUT2D eigenvalue weighted by molar-refractivity contribution is 5.77. The van der Waals surface area contributed by atoms with Gasteiger partial charge in [0.25, 0.3) is 0 Å². The number of carboxylic acid groups (broad SMARTS) is 1. The Morgan fingerprint density at radius 2 is 2.03 bits per heavy atom. The van der Waals surface area contributed by atoms with Gasteiger partial charge in [-0.05, 0) is 94.0 Å². The number of aryl methyl sites for hydroxylation is 1. The van der Waals surface area contributed by atoms with Crippen LogP contribution in [0.2, 0.25) is 0 Å². The molecule has 5 rings (SSSR count). The van der Waals surface area contributed by atoms with Gasteiger partial charge >= 0.3 is 5.97 Å². The predicted octanol–water partition coefficient (Wildman–Crippen LogP) is 5.17. The van der Waals surface area contributed by atoms with Crippen molar-refractivity contribution in [1.29, 1.82) is 0 Å². The van der Waals surface area contributed by atoms with Crippen molar-refractivity contribution >= 4 is 11.8 Å². The molecule has 2 aliphatic carbocycles. The Bertz CT molecular complexity index is 1050. The number of aromatic nitrogens is 1. The first-order valence-corrected chi connectivity index (χ1v) is 13.5. The maximum absolute atomic E-state index is 12.4. The van der Waals surface area contributed by atoms with E-state index in [1.165, 1.54) is 5.56 Å². The minimum absolute atomic E-state index is 0.216. The van der Waals surface area contributed by atoms with Crippen LogP contribution < -0.4 is 10.1 Å². The molecule has 2 atom stereocenters. The average molecular weight is 494 g/mol. The zero-order valence-electron chi connectivity index (χ0n) is 21.5. The molecule has 0 unspecified atom stereocenters. The summed E-state index contributed by atoms with van der Waals surface area (Å²) in [6.07, 6.45) is 11.6. The summed E-state index contributed by atoms with van der Waals surface area (Å²) in [5.41, 5.74) is 3.28. The number of nitrogens with one attached hydrogen (secondary N) is 1. The molecule has 1 aromatic heterocycles.